The van der Waals surface area contributed by atoms with Gasteiger partial charge in [0, 0.05) is 32.3 Å². The molecule has 0 aliphatic carbocycles. The third kappa shape index (κ3) is 3.17. The van der Waals surface area contributed by atoms with Crippen LogP contribution in [0.5, 0.6) is 0 Å². The van der Waals surface area contributed by atoms with Crippen LogP contribution in [0.4, 0.5) is 0 Å². The van der Waals surface area contributed by atoms with Crippen molar-refractivity contribution in [2.45, 2.75) is 25.4 Å². The van der Waals surface area contributed by atoms with E-state index in [0.29, 0.717) is 19.4 Å². The van der Waals surface area contributed by atoms with Crippen LogP contribution in [0.3, 0.4) is 0 Å². The zero-order valence-electron chi connectivity index (χ0n) is 11.2. The Morgan fingerprint density at radius 3 is 2.90 bits per heavy atom. The summed E-state index contributed by atoms with van der Waals surface area (Å²) in [4.78, 5) is 35.8. The maximum atomic E-state index is 11.9. The number of piperidine rings is 1. The highest BCUT2D eigenvalue weighted by molar-refractivity contribution is 5.87. The molecule has 0 spiro atoms. The normalized spacial score (nSPS) is 18.9. The average molecular weight is 279 g/mol. The quantitative estimate of drug-likeness (QED) is 0.806. The summed E-state index contributed by atoms with van der Waals surface area (Å²) in [7, 11) is 1.70. The third-order valence-electron chi connectivity index (χ3n) is 3.35. The SMILES string of the molecule is CN1CC(NC(=O)Cn2cccc2C(=O)O)CCC1=O. The monoisotopic (exact) mass is 279 g/mol. The topological polar surface area (TPSA) is 91.6 Å². The standard InChI is InChI=1S/C13H17N3O4/c1-15-7-9(4-5-12(15)18)14-11(17)8-16-6-2-3-10(16)13(19)20/h2-3,6,9H,4-5,7-8H2,1H3,(H,14,17)(H,19,20). The number of likely N-dealkylation sites (N-methyl/N-ethyl adjacent to an activating group) is 1. The Hall–Kier alpha value is -2.31. The maximum absolute atomic E-state index is 11.9. The molecule has 1 aromatic rings. The molecule has 1 aliphatic heterocycles. The summed E-state index contributed by atoms with van der Waals surface area (Å²) in [5, 5.41) is 11.8. The Balaban J connectivity index is 1.91. The molecule has 108 valence electrons. The molecule has 0 aromatic carbocycles. The lowest BCUT2D eigenvalue weighted by Gasteiger charge is -2.30. The van der Waals surface area contributed by atoms with Crippen LogP contribution in [0, 0.1) is 0 Å². The van der Waals surface area contributed by atoms with E-state index in [-0.39, 0.29) is 30.1 Å². The zero-order valence-corrected chi connectivity index (χ0v) is 11.2. The van der Waals surface area contributed by atoms with Crippen LogP contribution in [-0.2, 0) is 16.1 Å². The van der Waals surface area contributed by atoms with Crippen molar-refractivity contribution in [3.63, 3.8) is 0 Å². The molecule has 0 radical (unpaired) electrons. The van der Waals surface area contributed by atoms with E-state index in [9.17, 15) is 14.4 Å². The maximum Gasteiger partial charge on any atom is 0.352 e. The van der Waals surface area contributed by atoms with E-state index in [1.54, 1.807) is 24.2 Å². The number of nitrogens with one attached hydrogen (secondary N) is 1. The van der Waals surface area contributed by atoms with Gasteiger partial charge in [-0.05, 0) is 18.6 Å². The summed E-state index contributed by atoms with van der Waals surface area (Å²) in [6.45, 7) is 0.449. The number of hydrogen-bond donors (Lipinski definition) is 2. The summed E-state index contributed by atoms with van der Waals surface area (Å²) >= 11 is 0. The summed E-state index contributed by atoms with van der Waals surface area (Å²) in [6.07, 6.45) is 2.59. The van der Waals surface area contributed by atoms with E-state index >= 15 is 0 Å². The number of nitrogens with zero attached hydrogens (tertiary/aromatic N) is 2. The molecule has 2 amide bonds. The van der Waals surface area contributed by atoms with Gasteiger partial charge in [0.05, 0.1) is 0 Å². The van der Waals surface area contributed by atoms with Gasteiger partial charge in [-0.15, -0.1) is 0 Å². The highest BCUT2D eigenvalue weighted by Crippen LogP contribution is 2.10. The fraction of sp³-hybridized carbons (Fsp3) is 0.462. The predicted molar refractivity (Wildman–Crippen MR) is 70.2 cm³/mol. The molecule has 0 saturated carbocycles. The van der Waals surface area contributed by atoms with Gasteiger partial charge in [-0.2, -0.15) is 0 Å². The molecule has 1 atom stereocenters. The molecule has 7 heteroatoms. The largest absolute Gasteiger partial charge is 0.477 e. The van der Waals surface area contributed by atoms with Gasteiger partial charge >= 0.3 is 5.97 Å². The van der Waals surface area contributed by atoms with E-state index in [4.69, 9.17) is 5.11 Å². The predicted octanol–water partition coefficient (Wildman–Crippen LogP) is -0.0767. The molecule has 1 unspecified atom stereocenters. The Bertz CT molecular complexity index is 537. The second-order valence-corrected chi connectivity index (χ2v) is 4.90. The van der Waals surface area contributed by atoms with Crippen molar-refractivity contribution in [3.05, 3.63) is 24.0 Å². The van der Waals surface area contributed by atoms with Crippen molar-refractivity contribution in [1.82, 2.24) is 14.8 Å². The summed E-state index contributed by atoms with van der Waals surface area (Å²) in [6, 6.07) is 2.96. The smallest absolute Gasteiger partial charge is 0.352 e. The van der Waals surface area contributed by atoms with E-state index < -0.39 is 5.97 Å². The van der Waals surface area contributed by atoms with Crippen LogP contribution < -0.4 is 5.32 Å². The summed E-state index contributed by atoms with van der Waals surface area (Å²) in [5.41, 5.74) is 0.0797. The minimum atomic E-state index is -1.06. The molecule has 1 saturated heterocycles. The lowest BCUT2D eigenvalue weighted by molar-refractivity contribution is -0.134. The number of rotatable bonds is 4. The van der Waals surface area contributed by atoms with Gasteiger partial charge < -0.3 is 19.9 Å². The van der Waals surface area contributed by atoms with E-state index in [1.165, 1.54) is 10.6 Å². The third-order valence-corrected chi connectivity index (χ3v) is 3.35. The minimum Gasteiger partial charge on any atom is -0.477 e. The number of carbonyl (C=O) groups is 3. The van der Waals surface area contributed by atoms with Crippen LogP contribution in [-0.4, -0.2) is 52.0 Å². The van der Waals surface area contributed by atoms with Gasteiger partial charge in [-0.25, -0.2) is 4.79 Å². The number of hydrogen-bond acceptors (Lipinski definition) is 3. The second kappa shape index (κ2) is 5.77. The van der Waals surface area contributed by atoms with Crippen LogP contribution in [0.1, 0.15) is 23.3 Å². The second-order valence-electron chi connectivity index (χ2n) is 4.90. The summed E-state index contributed by atoms with van der Waals surface area (Å²) in [5.74, 6) is -1.24. The number of amides is 2. The number of likely N-dealkylation sites (tertiary alicyclic amines) is 1. The number of carboxylic acid groups (broad SMARTS) is 1. The molecule has 2 heterocycles. The van der Waals surface area contributed by atoms with E-state index in [0.717, 1.165) is 0 Å². The van der Waals surface area contributed by atoms with Crippen molar-refractivity contribution < 1.29 is 19.5 Å². The molecule has 2 rings (SSSR count). The number of carbonyl (C=O) groups excluding carboxylic acids is 2. The first-order valence-electron chi connectivity index (χ1n) is 6.39. The van der Waals surface area contributed by atoms with Crippen LogP contribution >= 0.6 is 0 Å². The van der Waals surface area contributed by atoms with Crippen molar-refractivity contribution in [1.29, 1.82) is 0 Å². The van der Waals surface area contributed by atoms with E-state index in [2.05, 4.69) is 5.32 Å². The van der Waals surface area contributed by atoms with Gasteiger partial charge in [0.2, 0.25) is 11.8 Å². The molecule has 1 aromatic heterocycles. The van der Waals surface area contributed by atoms with E-state index in [1.807, 2.05) is 0 Å². The van der Waals surface area contributed by atoms with Crippen molar-refractivity contribution in [3.8, 4) is 0 Å². The fourth-order valence-electron chi connectivity index (χ4n) is 2.30. The van der Waals surface area contributed by atoms with Gasteiger partial charge in [-0.3, -0.25) is 9.59 Å². The number of aromatic nitrogens is 1. The van der Waals surface area contributed by atoms with Gasteiger partial charge in [0.1, 0.15) is 12.2 Å². The Morgan fingerprint density at radius 1 is 1.50 bits per heavy atom. The van der Waals surface area contributed by atoms with Crippen LogP contribution in [0.15, 0.2) is 18.3 Å². The van der Waals surface area contributed by atoms with Crippen LogP contribution in [0.25, 0.3) is 0 Å². The first-order chi connectivity index (χ1) is 9.47. The molecule has 1 fully saturated rings. The Labute approximate surface area is 116 Å². The Kier molecular flexibility index (Phi) is 4.07. The minimum absolute atomic E-state index is 0.0389. The van der Waals surface area contributed by atoms with Gasteiger partial charge in [-0.1, -0.05) is 0 Å². The van der Waals surface area contributed by atoms with Crippen molar-refractivity contribution in [2.75, 3.05) is 13.6 Å². The average Bonchev–Trinajstić information content (AvgIpc) is 2.82. The lowest BCUT2D eigenvalue weighted by atomic mass is 10.1. The molecule has 1 aliphatic rings. The first kappa shape index (κ1) is 14.1. The molecule has 7 nitrogen and oxygen atoms in total. The van der Waals surface area contributed by atoms with Crippen molar-refractivity contribution >= 4 is 17.8 Å². The number of aromatic carboxylic acids is 1. The number of carboxylic acids is 1. The molecular weight excluding hydrogens is 262 g/mol. The zero-order chi connectivity index (χ0) is 14.7. The Morgan fingerprint density at radius 2 is 2.25 bits per heavy atom. The lowest BCUT2D eigenvalue weighted by Crippen LogP contribution is -2.49. The highest BCUT2D eigenvalue weighted by atomic mass is 16.4. The van der Waals surface area contributed by atoms with Crippen LogP contribution in [0.2, 0.25) is 0 Å². The van der Waals surface area contributed by atoms with Gasteiger partial charge in [0.15, 0.2) is 0 Å². The van der Waals surface area contributed by atoms with Gasteiger partial charge in [0.25, 0.3) is 0 Å². The first-order valence-corrected chi connectivity index (χ1v) is 6.39. The molecular formula is C13H17N3O4. The molecule has 0 bridgehead atoms. The van der Waals surface area contributed by atoms with Crippen molar-refractivity contribution in [2.24, 2.45) is 0 Å². The molecule has 20 heavy (non-hydrogen) atoms. The summed E-state index contributed by atoms with van der Waals surface area (Å²) < 4.78 is 1.38. The molecule has 2 N–H and O–H groups in total. The highest BCUT2D eigenvalue weighted by Gasteiger charge is 2.24. The fourth-order valence-corrected chi connectivity index (χ4v) is 2.30.